The van der Waals surface area contributed by atoms with E-state index in [0.717, 1.165) is 37.8 Å². The average molecular weight is 403 g/mol. The number of nitrogens with zero attached hydrogens (tertiary/aromatic N) is 1. The van der Waals surface area contributed by atoms with E-state index in [1.54, 1.807) is 19.1 Å². The van der Waals surface area contributed by atoms with Gasteiger partial charge in [0.2, 0.25) is 0 Å². The van der Waals surface area contributed by atoms with Crippen molar-refractivity contribution in [2.24, 2.45) is 0 Å². The number of aliphatic carboxylic acids is 1. The first-order valence-electron chi connectivity index (χ1n) is 9.45. The predicted octanol–water partition coefficient (Wildman–Crippen LogP) is -1.09. The van der Waals surface area contributed by atoms with E-state index in [1.165, 1.54) is 0 Å². The van der Waals surface area contributed by atoms with E-state index in [2.05, 4.69) is 0 Å². The molecule has 1 unspecified atom stereocenters. The van der Waals surface area contributed by atoms with Gasteiger partial charge >= 0.3 is 35.5 Å². The maximum atomic E-state index is 12.5. The first-order chi connectivity index (χ1) is 12.9. The van der Waals surface area contributed by atoms with Crippen molar-refractivity contribution in [2.75, 3.05) is 6.61 Å². The summed E-state index contributed by atoms with van der Waals surface area (Å²) in [5, 5.41) is 11.5. The van der Waals surface area contributed by atoms with Crippen LogP contribution in [0.15, 0.2) is 24.3 Å². The molecule has 0 aliphatic heterocycles. The minimum atomic E-state index is -1.73. The minimum Gasteiger partial charge on any atom is -0.548 e. The van der Waals surface area contributed by atoms with Gasteiger partial charge in [0.05, 0.1) is 25.0 Å². The van der Waals surface area contributed by atoms with Crippen molar-refractivity contribution in [1.82, 2.24) is 4.90 Å². The van der Waals surface area contributed by atoms with Gasteiger partial charge in [0, 0.05) is 0 Å². The van der Waals surface area contributed by atoms with Gasteiger partial charge in [-0.15, -0.1) is 0 Å². The van der Waals surface area contributed by atoms with Gasteiger partial charge in [0.15, 0.2) is 0 Å². The summed E-state index contributed by atoms with van der Waals surface area (Å²) in [4.78, 5) is 48.7. The second kappa shape index (κ2) is 17.6. The third-order valence-corrected chi connectivity index (χ3v) is 3.69. The van der Waals surface area contributed by atoms with Gasteiger partial charge in [0.25, 0.3) is 11.8 Å². The van der Waals surface area contributed by atoms with Crippen LogP contribution in [-0.2, 0) is 23.9 Å². The Hall–Kier alpha value is -1.44. The minimum absolute atomic E-state index is 0. The summed E-state index contributed by atoms with van der Waals surface area (Å²) in [6.07, 6.45) is 9.70. The van der Waals surface area contributed by atoms with Gasteiger partial charge < -0.3 is 14.6 Å². The van der Waals surface area contributed by atoms with Gasteiger partial charge in [-0.3, -0.25) is 19.3 Å². The van der Waals surface area contributed by atoms with Crippen LogP contribution in [0.2, 0.25) is 0 Å². The summed E-state index contributed by atoms with van der Waals surface area (Å²) in [5.74, 6) is -4.10. The Kier molecular flexibility index (Phi) is 18.1. The van der Waals surface area contributed by atoms with Crippen molar-refractivity contribution in [3.05, 3.63) is 24.3 Å². The normalized spacial score (nSPS) is 11.8. The summed E-state index contributed by atoms with van der Waals surface area (Å²) in [7, 11) is 0. The Balaban J connectivity index is 0. The molecule has 0 aromatic rings. The Labute approximate surface area is 189 Å². The maximum Gasteiger partial charge on any atom is 1.00 e. The molecule has 0 saturated carbocycles. The zero-order valence-electron chi connectivity index (χ0n) is 17.4. The van der Waals surface area contributed by atoms with Gasteiger partial charge in [-0.25, -0.2) is 0 Å². The zero-order valence-corrected chi connectivity index (χ0v) is 19.4. The largest absolute Gasteiger partial charge is 1.00 e. The molecule has 0 bridgehead atoms. The van der Waals surface area contributed by atoms with Crippen molar-refractivity contribution in [1.29, 1.82) is 0 Å². The number of ether oxygens (including phenoxy) is 1. The number of hydrogen-bond donors (Lipinski definition) is 0. The van der Waals surface area contributed by atoms with Crippen LogP contribution in [0, 0.1) is 0 Å². The second-order valence-corrected chi connectivity index (χ2v) is 5.98. The number of imide groups is 1. The van der Waals surface area contributed by atoms with Crippen molar-refractivity contribution in [2.45, 2.75) is 71.8 Å². The van der Waals surface area contributed by atoms with Crippen LogP contribution < -0.4 is 34.7 Å². The molecule has 0 aromatic carbocycles. The van der Waals surface area contributed by atoms with E-state index in [4.69, 9.17) is 4.74 Å². The monoisotopic (exact) mass is 403 g/mol. The van der Waals surface area contributed by atoms with E-state index >= 15 is 0 Å². The number of amides is 2. The number of carboxylic acids is 1. The SMILES string of the molecule is CCCC/C=C/C(=O)N(C(=O)/C=C/CCCC)C(CC(=O)OCC)C(=O)[O-].[Na+]. The molecule has 8 heteroatoms. The predicted molar refractivity (Wildman–Crippen MR) is 99.2 cm³/mol. The fourth-order valence-corrected chi connectivity index (χ4v) is 2.25. The molecule has 0 radical (unpaired) electrons. The molecule has 2 amide bonds. The van der Waals surface area contributed by atoms with Gasteiger partial charge in [-0.2, -0.15) is 0 Å². The smallest absolute Gasteiger partial charge is 0.548 e. The molecule has 0 rings (SSSR count). The topological polar surface area (TPSA) is 104 Å². The van der Waals surface area contributed by atoms with Crippen LogP contribution in [0.25, 0.3) is 0 Å². The van der Waals surface area contributed by atoms with Crippen LogP contribution in [0.5, 0.6) is 0 Å². The zero-order chi connectivity index (χ0) is 20.7. The molecule has 152 valence electrons. The van der Waals surface area contributed by atoms with Crippen molar-refractivity contribution in [3.63, 3.8) is 0 Å². The number of esters is 1. The standard InChI is InChI=1S/C20H31NO6.Na/c1-4-7-9-11-13-17(22)21(18(23)14-12-10-8-5-2)16(20(25)26)15-19(24)27-6-3;/h11-14,16H,4-10,15H2,1-3H3,(H,25,26);/q;+1/p-1/b13-11+,14-12+;. The van der Waals surface area contributed by atoms with Crippen LogP contribution in [-0.4, -0.2) is 41.3 Å². The Morgan fingerprint density at radius 1 is 0.929 bits per heavy atom. The molecule has 7 nitrogen and oxygen atoms in total. The van der Waals surface area contributed by atoms with Crippen LogP contribution >= 0.6 is 0 Å². The number of hydrogen-bond acceptors (Lipinski definition) is 6. The fraction of sp³-hybridized carbons (Fsp3) is 0.600. The van der Waals surface area contributed by atoms with Crippen LogP contribution in [0.3, 0.4) is 0 Å². The average Bonchev–Trinajstić information content (AvgIpc) is 2.62. The molecule has 0 aliphatic rings. The van der Waals surface area contributed by atoms with Crippen molar-refractivity contribution in [3.8, 4) is 0 Å². The van der Waals surface area contributed by atoms with Gasteiger partial charge in [0.1, 0.15) is 0 Å². The van der Waals surface area contributed by atoms with Crippen molar-refractivity contribution >= 4 is 23.8 Å². The maximum absolute atomic E-state index is 12.5. The van der Waals surface area contributed by atoms with Crippen LogP contribution in [0.4, 0.5) is 0 Å². The molecule has 0 heterocycles. The van der Waals surface area contributed by atoms with E-state index in [9.17, 15) is 24.3 Å². The summed E-state index contributed by atoms with van der Waals surface area (Å²) < 4.78 is 4.74. The van der Waals surface area contributed by atoms with Gasteiger partial charge in [-0.05, 0) is 31.9 Å². The van der Waals surface area contributed by atoms with E-state index in [0.29, 0.717) is 17.7 Å². The van der Waals surface area contributed by atoms with Crippen molar-refractivity contribution < 1.29 is 58.6 Å². The molecule has 0 spiro atoms. The van der Waals surface area contributed by atoms with Crippen LogP contribution in [0.1, 0.15) is 65.7 Å². The number of carboxylic acid groups (broad SMARTS) is 1. The Morgan fingerprint density at radius 3 is 1.75 bits per heavy atom. The summed E-state index contributed by atoms with van der Waals surface area (Å²) in [6.45, 7) is 5.64. The number of unbranched alkanes of at least 4 members (excludes halogenated alkanes) is 4. The second-order valence-electron chi connectivity index (χ2n) is 5.98. The third kappa shape index (κ3) is 12.1. The number of allylic oxidation sites excluding steroid dienone is 2. The first-order valence-corrected chi connectivity index (χ1v) is 9.45. The number of carbonyl (C=O) groups excluding carboxylic acids is 4. The molecule has 0 N–H and O–H groups in total. The Bertz CT molecular complexity index is 529. The summed E-state index contributed by atoms with van der Waals surface area (Å²) >= 11 is 0. The first kappa shape index (κ1) is 28.8. The van der Waals surface area contributed by atoms with Gasteiger partial charge in [-0.1, -0.05) is 51.7 Å². The molecule has 0 aromatic heterocycles. The molecule has 28 heavy (non-hydrogen) atoms. The summed E-state index contributed by atoms with van der Waals surface area (Å²) in [6, 6.07) is -1.73. The molecular weight excluding hydrogens is 373 g/mol. The third-order valence-electron chi connectivity index (χ3n) is 3.69. The summed E-state index contributed by atoms with van der Waals surface area (Å²) in [5.41, 5.74) is 0. The molecular formula is C20H30NNaO6. The van der Waals surface area contributed by atoms with E-state index in [-0.39, 0.29) is 36.2 Å². The molecule has 0 aliphatic carbocycles. The van der Waals surface area contributed by atoms with E-state index < -0.39 is 36.2 Å². The number of rotatable bonds is 13. The molecule has 1 atom stereocenters. The Morgan fingerprint density at radius 2 is 1.39 bits per heavy atom. The number of carbonyl (C=O) groups is 4. The molecule has 0 fully saturated rings. The van der Waals surface area contributed by atoms with E-state index in [1.807, 2.05) is 13.8 Å². The molecule has 0 saturated heterocycles. The fourth-order valence-electron chi connectivity index (χ4n) is 2.25. The quantitative estimate of drug-likeness (QED) is 0.168.